The monoisotopic (exact) mass is 260 g/mol. The number of para-hydroxylation sites is 1. The van der Waals surface area contributed by atoms with Gasteiger partial charge >= 0.3 is 0 Å². The Labute approximate surface area is 114 Å². The van der Waals surface area contributed by atoms with Gasteiger partial charge in [-0.25, -0.2) is 0 Å². The molecule has 1 aromatic carbocycles. The van der Waals surface area contributed by atoms with Crippen molar-refractivity contribution in [1.29, 1.82) is 5.26 Å². The van der Waals surface area contributed by atoms with E-state index in [0.717, 1.165) is 37.2 Å². The molecule has 0 atom stereocenters. The van der Waals surface area contributed by atoms with Gasteiger partial charge in [0.2, 0.25) is 0 Å². The summed E-state index contributed by atoms with van der Waals surface area (Å²) in [7, 11) is 3.75. The van der Waals surface area contributed by atoms with Crippen LogP contribution in [-0.4, -0.2) is 38.3 Å². The summed E-state index contributed by atoms with van der Waals surface area (Å²) in [6.45, 7) is 2.12. The molecule has 19 heavy (non-hydrogen) atoms. The molecule has 0 amide bonds. The van der Waals surface area contributed by atoms with Gasteiger partial charge in [0.25, 0.3) is 0 Å². The summed E-state index contributed by atoms with van der Waals surface area (Å²) in [5.74, 6) is 1.45. The van der Waals surface area contributed by atoms with Crippen molar-refractivity contribution in [2.45, 2.75) is 25.4 Å². The van der Waals surface area contributed by atoms with Gasteiger partial charge in [0.15, 0.2) is 11.5 Å². The summed E-state index contributed by atoms with van der Waals surface area (Å²) >= 11 is 0. The van der Waals surface area contributed by atoms with E-state index in [1.165, 1.54) is 0 Å². The third kappa shape index (κ3) is 3.39. The summed E-state index contributed by atoms with van der Waals surface area (Å²) in [5, 5.41) is 8.83. The molecule has 1 saturated heterocycles. The molecule has 0 saturated carbocycles. The van der Waals surface area contributed by atoms with Crippen molar-refractivity contribution < 1.29 is 9.47 Å². The number of nitrogens with zero attached hydrogens (tertiary/aromatic N) is 2. The molecule has 0 unspecified atom stereocenters. The molecule has 1 heterocycles. The summed E-state index contributed by atoms with van der Waals surface area (Å²) in [4.78, 5) is 2.31. The molecule has 0 aliphatic carbocycles. The Balaban J connectivity index is 2.11. The number of nitriles is 1. The van der Waals surface area contributed by atoms with Gasteiger partial charge in [0, 0.05) is 18.7 Å². The highest BCUT2D eigenvalue weighted by atomic mass is 16.5. The Hall–Kier alpha value is -1.73. The first-order valence-corrected chi connectivity index (χ1v) is 6.62. The number of likely N-dealkylation sites (tertiary alicyclic amines) is 1. The molecular weight excluding hydrogens is 240 g/mol. The number of ether oxygens (including phenoxy) is 2. The zero-order valence-electron chi connectivity index (χ0n) is 11.6. The van der Waals surface area contributed by atoms with Crippen LogP contribution >= 0.6 is 0 Å². The van der Waals surface area contributed by atoms with Gasteiger partial charge in [0.1, 0.15) is 6.10 Å². The van der Waals surface area contributed by atoms with Crippen molar-refractivity contribution in [2.75, 3.05) is 27.2 Å². The second kappa shape index (κ2) is 6.44. The second-order valence-corrected chi connectivity index (χ2v) is 4.90. The van der Waals surface area contributed by atoms with E-state index in [9.17, 15) is 0 Å². The highest BCUT2D eigenvalue weighted by Gasteiger charge is 2.20. The highest BCUT2D eigenvalue weighted by molar-refractivity contribution is 5.47. The number of benzene rings is 1. The van der Waals surface area contributed by atoms with Crippen molar-refractivity contribution >= 4 is 0 Å². The summed E-state index contributed by atoms with van der Waals surface area (Å²) < 4.78 is 11.5. The average Bonchev–Trinajstić information content (AvgIpc) is 2.42. The normalized spacial score (nSPS) is 16.9. The molecule has 4 heteroatoms. The first kappa shape index (κ1) is 13.7. The van der Waals surface area contributed by atoms with Crippen LogP contribution in [0.4, 0.5) is 0 Å². The van der Waals surface area contributed by atoms with Crippen molar-refractivity contribution in [2.24, 2.45) is 0 Å². The second-order valence-electron chi connectivity index (χ2n) is 4.90. The predicted molar refractivity (Wildman–Crippen MR) is 73.5 cm³/mol. The molecule has 1 aliphatic heterocycles. The predicted octanol–water partition coefficient (Wildman–Crippen LogP) is 2.23. The maximum atomic E-state index is 8.83. The maximum Gasteiger partial charge on any atom is 0.164 e. The molecule has 0 spiro atoms. The van der Waals surface area contributed by atoms with Crippen LogP contribution in [0.3, 0.4) is 0 Å². The SMILES string of the molecule is COc1c(CC#N)cccc1OC1CCN(C)CC1. The molecular formula is C15H20N2O2. The molecule has 0 radical (unpaired) electrons. The van der Waals surface area contributed by atoms with E-state index in [1.54, 1.807) is 7.11 Å². The molecule has 1 aromatic rings. The van der Waals surface area contributed by atoms with Gasteiger partial charge in [-0.05, 0) is 26.0 Å². The van der Waals surface area contributed by atoms with Crippen molar-refractivity contribution in [3.8, 4) is 17.6 Å². The average molecular weight is 260 g/mol. The molecule has 2 rings (SSSR count). The van der Waals surface area contributed by atoms with E-state index in [4.69, 9.17) is 14.7 Å². The third-order valence-corrected chi connectivity index (χ3v) is 3.49. The van der Waals surface area contributed by atoms with Gasteiger partial charge < -0.3 is 14.4 Å². The van der Waals surface area contributed by atoms with E-state index in [2.05, 4.69) is 18.0 Å². The lowest BCUT2D eigenvalue weighted by molar-refractivity contribution is 0.111. The Morgan fingerprint density at radius 1 is 1.37 bits per heavy atom. The molecule has 0 aromatic heterocycles. The lowest BCUT2D eigenvalue weighted by atomic mass is 10.1. The fraction of sp³-hybridized carbons (Fsp3) is 0.533. The lowest BCUT2D eigenvalue weighted by Gasteiger charge is -2.29. The first-order valence-electron chi connectivity index (χ1n) is 6.62. The molecule has 1 fully saturated rings. The summed E-state index contributed by atoms with van der Waals surface area (Å²) in [6, 6.07) is 7.89. The van der Waals surface area contributed by atoms with E-state index < -0.39 is 0 Å². The fourth-order valence-electron chi connectivity index (χ4n) is 2.39. The van der Waals surface area contributed by atoms with Gasteiger partial charge in [-0.3, -0.25) is 0 Å². The molecule has 4 nitrogen and oxygen atoms in total. The smallest absolute Gasteiger partial charge is 0.164 e. The standard InChI is InChI=1S/C15H20N2O2/c1-17-10-7-13(8-11-17)19-14-5-3-4-12(6-9-16)15(14)18-2/h3-5,13H,6-8,10-11H2,1-2H3. The van der Waals surface area contributed by atoms with Crippen molar-refractivity contribution in [3.63, 3.8) is 0 Å². The highest BCUT2D eigenvalue weighted by Crippen LogP contribution is 2.33. The molecule has 0 N–H and O–H groups in total. The molecule has 102 valence electrons. The van der Waals surface area contributed by atoms with Crippen LogP contribution in [0.2, 0.25) is 0 Å². The first-order chi connectivity index (χ1) is 9.24. The van der Waals surface area contributed by atoms with Crippen LogP contribution in [0.25, 0.3) is 0 Å². The van der Waals surface area contributed by atoms with Crippen LogP contribution in [0, 0.1) is 11.3 Å². The van der Waals surface area contributed by atoms with Crippen molar-refractivity contribution in [1.82, 2.24) is 4.90 Å². The third-order valence-electron chi connectivity index (χ3n) is 3.49. The summed E-state index contributed by atoms with van der Waals surface area (Å²) in [5.41, 5.74) is 0.885. The van der Waals surface area contributed by atoms with Crippen LogP contribution in [0.1, 0.15) is 18.4 Å². The van der Waals surface area contributed by atoms with Crippen molar-refractivity contribution in [3.05, 3.63) is 23.8 Å². The minimum absolute atomic E-state index is 0.238. The quantitative estimate of drug-likeness (QED) is 0.833. The zero-order valence-corrected chi connectivity index (χ0v) is 11.6. The minimum Gasteiger partial charge on any atom is -0.493 e. The van der Waals surface area contributed by atoms with E-state index in [1.807, 2.05) is 18.2 Å². The lowest BCUT2D eigenvalue weighted by Crippen LogP contribution is -2.35. The van der Waals surface area contributed by atoms with E-state index in [0.29, 0.717) is 12.2 Å². The number of methoxy groups -OCH3 is 1. The molecule has 0 bridgehead atoms. The zero-order chi connectivity index (χ0) is 13.7. The van der Waals surface area contributed by atoms with Crippen LogP contribution < -0.4 is 9.47 Å². The Bertz CT molecular complexity index is 460. The van der Waals surface area contributed by atoms with E-state index >= 15 is 0 Å². The maximum absolute atomic E-state index is 8.83. The summed E-state index contributed by atoms with van der Waals surface area (Å²) in [6.07, 6.45) is 2.64. The van der Waals surface area contributed by atoms with Crippen LogP contribution in [-0.2, 0) is 6.42 Å². The number of hydrogen-bond acceptors (Lipinski definition) is 4. The van der Waals surface area contributed by atoms with E-state index in [-0.39, 0.29) is 6.10 Å². The number of hydrogen-bond donors (Lipinski definition) is 0. The largest absolute Gasteiger partial charge is 0.493 e. The van der Waals surface area contributed by atoms with Gasteiger partial charge in [0.05, 0.1) is 19.6 Å². The number of rotatable bonds is 4. The van der Waals surface area contributed by atoms with Crippen LogP contribution in [0.15, 0.2) is 18.2 Å². The number of piperidine rings is 1. The van der Waals surface area contributed by atoms with Gasteiger partial charge in [-0.1, -0.05) is 12.1 Å². The fourth-order valence-corrected chi connectivity index (χ4v) is 2.39. The Morgan fingerprint density at radius 3 is 2.74 bits per heavy atom. The topological polar surface area (TPSA) is 45.5 Å². The Kier molecular flexibility index (Phi) is 4.64. The Morgan fingerprint density at radius 2 is 2.11 bits per heavy atom. The van der Waals surface area contributed by atoms with Crippen LogP contribution in [0.5, 0.6) is 11.5 Å². The van der Waals surface area contributed by atoms with Gasteiger partial charge in [-0.15, -0.1) is 0 Å². The van der Waals surface area contributed by atoms with Gasteiger partial charge in [-0.2, -0.15) is 5.26 Å². The minimum atomic E-state index is 0.238. The molecule has 1 aliphatic rings.